The van der Waals surface area contributed by atoms with Gasteiger partial charge in [0.25, 0.3) is 0 Å². The van der Waals surface area contributed by atoms with Crippen LogP contribution in [0.4, 0.5) is 0 Å². The molecule has 0 spiro atoms. The van der Waals surface area contributed by atoms with Crippen molar-refractivity contribution in [1.29, 1.82) is 0 Å². The number of rotatable bonds is 4. The lowest BCUT2D eigenvalue weighted by Gasteiger charge is -2.38. The highest BCUT2D eigenvalue weighted by Crippen LogP contribution is 2.30. The fourth-order valence-electron chi connectivity index (χ4n) is 2.78. The van der Waals surface area contributed by atoms with Gasteiger partial charge in [0, 0.05) is 34.9 Å². The van der Waals surface area contributed by atoms with Gasteiger partial charge in [-0.25, -0.2) is 0 Å². The second-order valence-corrected chi connectivity index (χ2v) is 6.76. The molecule has 1 unspecified atom stereocenters. The Morgan fingerprint density at radius 1 is 1.33 bits per heavy atom. The lowest BCUT2D eigenvalue weighted by atomic mass is 10.0. The summed E-state index contributed by atoms with van der Waals surface area (Å²) in [6.45, 7) is 7.08. The molecule has 0 saturated carbocycles. The molecule has 1 aromatic heterocycles. The molecule has 1 fully saturated rings. The molecule has 0 bridgehead atoms. The van der Waals surface area contributed by atoms with Gasteiger partial charge in [-0.3, -0.25) is 4.90 Å². The Morgan fingerprint density at radius 2 is 2.00 bits per heavy atom. The number of aryl methyl sites for hydroxylation is 1. The largest absolute Gasteiger partial charge is 0.306 e. The minimum absolute atomic E-state index is 0.596. The maximum atomic E-state index is 2.64. The average Bonchev–Trinajstić information content (AvgIpc) is 2.86. The zero-order chi connectivity index (χ0) is 13.1. The van der Waals surface area contributed by atoms with E-state index in [1.54, 1.807) is 0 Å². The van der Waals surface area contributed by atoms with Gasteiger partial charge in [0.1, 0.15) is 0 Å². The zero-order valence-corrected chi connectivity index (χ0v) is 13.0. The maximum absolute atomic E-state index is 2.64. The van der Waals surface area contributed by atoms with E-state index in [0.29, 0.717) is 6.04 Å². The van der Waals surface area contributed by atoms with Crippen molar-refractivity contribution in [2.45, 2.75) is 45.2 Å². The molecule has 2 rings (SSSR count). The summed E-state index contributed by atoms with van der Waals surface area (Å²) in [5.41, 5.74) is 0. The first-order valence-electron chi connectivity index (χ1n) is 7.11. The molecule has 0 aromatic carbocycles. The van der Waals surface area contributed by atoms with Crippen LogP contribution in [0, 0.1) is 0 Å². The summed E-state index contributed by atoms with van der Waals surface area (Å²) in [6.07, 6.45) is 3.78. The normalized spacial score (nSPS) is 20.5. The van der Waals surface area contributed by atoms with Crippen LogP contribution in [-0.2, 0) is 6.42 Å². The predicted molar refractivity (Wildman–Crippen MR) is 80.4 cm³/mol. The van der Waals surface area contributed by atoms with Crippen molar-refractivity contribution in [3.63, 3.8) is 0 Å². The molecule has 1 aromatic rings. The molecular weight excluding hydrogens is 240 g/mol. The summed E-state index contributed by atoms with van der Waals surface area (Å²) in [7, 11) is 4.41. The van der Waals surface area contributed by atoms with Crippen LogP contribution in [0.15, 0.2) is 12.1 Å². The molecule has 0 N–H and O–H groups in total. The molecule has 18 heavy (non-hydrogen) atoms. The van der Waals surface area contributed by atoms with E-state index in [9.17, 15) is 0 Å². The number of likely N-dealkylation sites (tertiary alicyclic amines) is 1. The van der Waals surface area contributed by atoms with E-state index < -0.39 is 0 Å². The van der Waals surface area contributed by atoms with Gasteiger partial charge >= 0.3 is 0 Å². The number of thiophene rings is 1. The average molecular weight is 266 g/mol. The van der Waals surface area contributed by atoms with Crippen LogP contribution in [0.3, 0.4) is 0 Å². The summed E-state index contributed by atoms with van der Waals surface area (Å²) in [4.78, 5) is 8.07. The van der Waals surface area contributed by atoms with Gasteiger partial charge in [-0.05, 0) is 52.4 Å². The number of piperidine rings is 1. The Labute approximate surface area is 116 Å². The molecule has 3 heteroatoms. The van der Waals surface area contributed by atoms with Gasteiger partial charge in [0.15, 0.2) is 0 Å². The molecule has 1 saturated heterocycles. The van der Waals surface area contributed by atoms with Gasteiger partial charge in [-0.2, -0.15) is 0 Å². The van der Waals surface area contributed by atoms with E-state index in [-0.39, 0.29) is 0 Å². The van der Waals surface area contributed by atoms with Crippen molar-refractivity contribution in [2.24, 2.45) is 0 Å². The van der Waals surface area contributed by atoms with Crippen molar-refractivity contribution >= 4 is 11.3 Å². The summed E-state index contributed by atoms with van der Waals surface area (Å²) in [6, 6.07) is 6.00. The van der Waals surface area contributed by atoms with Crippen LogP contribution in [0.5, 0.6) is 0 Å². The maximum Gasteiger partial charge on any atom is 0.0413 e. The predicted octanol–water partition coefficient (Wildman–Crippen LogP) is 3.40. The van der Waals surface area contributed by atoms with Gasteiger partial charge in [-0.15, -0.1) is 11.3 Å². The summed E-state index contributed by atoms with van der Waals surface area (Å²) < 4.78 is 0. The SMILES string of the molecule is CCc1ccc(C(C)N2CCC(N(C)C)CC2)s1. The van der Waals surface area contributed by atoms with E-state index >= 15 is 0 Å². The standard InChI is InChI=1S/C15H26N2S/c1-5-14-6-7-15(18-14)12(2)17-10-8-13(9-11-17)16(3)4/h6-7,12-13H,5,8-11H2,1-4H3. The highest BCUT2D eigenvalue weighted by atomic mass is 32.1. The third-order valence-corrected chi connectivity index (χ3v) is 5.62. The van der Waals surface area contributed by atoms with E-state index in [1.165, 1.54) is 42.1 Å². The highest BCUT2D eigenvalue weighted by molar-refractivity contribution is 7.12. The van der Waals surface area contributed by atoms with E-state index in [1.807, 2.05) is 11.3 Å². The monoisotopic (exact) mass is 266 g/mol. The quantitative estimate of drug-likeness (QED) is 0.824. The first-order valence-corrected chi connectivity index (χ1v) is 7.92. The molecule has 1 aliphatic heterocycles. The Bertz CT molecular complexity index is 364. The van der Waals surface area contributed by atoms with Crippen molar-refractivity contribution in [2.75, 3.05) is 27.2 Å². The fraction of sp³-hybridized carbons (Fsp3) is 0.733. The fourth-order valence-corrected chi connectivity index (χ4v) is 3.82. The topological polar surface area (TPSA) is 6.48 Å². The van der Waals surface area contributed by atoms with Gasteiger partial charge < -0.3 is 4.90 Å². The lowest BCUT2D eigenvalue weighted by Crippen LogP contribution is -2.42. The third kappa shape index (κ3) is 3.14. The first-order chi connectivity index (χ1) is 8.61. The van der Waals surface area contributed by atoms with Crippen LogP contribution in [-0.4, -0.2) is 43.0 Å². The van der Waals surface area contributed by atoms with Crippen LogP contribution in [0.1, 0.15) is 42.5 Å². The molecule has 2 heterocycles. The molecular formula is C15H26N2S. The molecule has 0 radical (unpaired) electrons. The van der Waals surface area contributed by atoms with E-state index in [4.69, 9.17) is 0 Å². The Kier molecular flexibility index (Phi) is 4.82. The second-order valence-electron chi connectivity index (χ2n) is 5.56. The summed E-state index contributed by atoms with van der Waals surface area (Å²) in [5.74, 6) is 0. The number of hydrogen-bond donors (Lipinski definition) is 0. The van der Waals surface area contributed by atoms with Crippen LogP contribution < -0.4 is 0 Å². The van der Waals surface area contributed by atoms with E-state index in [2.05, 4.69) is 49.9 Å². The van der Waals surface area contributed by atoms with Crippen LogP contribution in [0.25, 0.3) is 0 Å². The lowest BCUT2D eigenvalue weighted by molar-refractivity contribution is 0.116. The highest BCUT2D eigenvalue weighted by Gasteiger charge is 2.25. The van der Waals surface area contributed by atoms with Crippen molar-refractivity contribution in [3.8, 4) is 0 Å². The molecule has 102 valence electrons. The Hall–Kier alpha value is -0.380. The number of nitrogens with zero attached hydrogens (tertiary/aromatic N) is 2. The van der Waals surface area contributed by atoms with Gasteiger partial charge in [-0.1, -0.05) is 6.92 Å². The Morgan fingerprint density at radius 3 is 2.50 bits per heavy atom. The van der Waals surface area contributed by atoms with Gasteiger partial charge in [0.2, 0.25) is 0 Å². The van der Waals surface area contributed by atoms with Crippen LogP contribution >= 0.6 is 11.3 Å². The molecule has 0 amide bonds. The molecule has 2 nitrogen and oxygen atoms in total. The smallest absolute Gasteiger partial charge is 0.0413 e. The summed E-state index contributed by atoms with van der Waals surface area (Å²) >= 11 is 1.99. The Balaban J connectivity index is 1.92. The molecule has 1 atom stereocenters. The third-order valence-electron chi connectivity index (χ3n) is 4.22. The minimum Gasteiger partial charge on any atom is -0.306 e. The number of hydrogen-bond acceptors (Lipinski definition) is 3. The second kappa shape index (κ2) is 6.18. The first kappa shape index (κ1) is 14.0. The summed E-state index contributed by atoms with van der Waals surface area (Å²) in [5, 5.41) is 0. The van der Waals surface area contributed by atoms with Crippen molar-refractivity contribution < 1.29 is 0 Å². The van der Waals surface area contributed by atoms with Crippen LogP contribution in [0.2, 0.25) is 0 Å². The van der Waals surface area contributed by atoms with Gasteiger partial charge in [0.05, 0.1) is 0 Å². The van der Waals surface area contributed by atoms with Crippen molar-refractivity contribution in [3.05, 3.63) is 21.9 Å². The minimum atomic E-state index is 0.596. The molecule has 0 aliphatic carbocycles. The van der Waals surface area contributed by atoms with E-state index in [0.717, 1.165) is 6.04 Å². The zero-order valence-electron chi connectivity index (χ0n) is 12.1. The van der Waals surface area contributed by atoms with Crippen molar-refractivity contribution in [1.82, 2.24) is 9.80 Å². The molecule has 1 aliphatic rings.